The van der Waals surface area contributed by atoms with Crippen LogP contribution in [0.5, 0.6) is 5.75 Å². The van der Waals surface area contributed by atoms with Crippen molar-refractivity contribution < 1.29 is 14.3 Å². The normalized spacial score (nSPS) is 12.7. The van der Waals surface area contributed by atoms with Crippen LogP contribution in [0.15, 0.2) is 52.6 Å². The van der Waals surface area contributed by atoms with E-state index in [-0.39, 0.29) is 24.6 Å². The number of nitrogens with zero attached hydrogens (tertiary/aromatic N) is 4. The molecule has 0 saturated carbocycles. The largest absolute Gasteiger partial charge is 0.482 e. The number of rotatable bonds is 4. The number of anilines is 2. The molecule has 0 bridgehead atoms. The summed E-state index contributed by atoms with van der Waals surface area (Å²) in [5.41, 5.74) is 2.05. The first-order valence-electron chi connectivity index (χ1n) is 9.22. The second-order valence-electron chi connectivity index (χ2n) is 6.70. The van der Waals surface area contributed by atoms with Gasteiger partial charge >= 0.3 is 0 Å². The summed E-state index contributed by atoms with van der Waals surface area (Å²) in [4.78, 5) is 40.8. The molecule has 4 aromatic rings. The van der Waals surface area contributed by atoms with E-state index in [1.54, 1.807) is 41.8 Å². The van der Waals surface area contributed by atoms with Gasteiger partial charge in [-0.25, -0.2) is 9.67 Å². The third kappa shape index (κ3) is 3.73. The molecule has 0 fully saturated rings. The fourth-order valence-corrected chi connectivity index (χ4v) is 3.86. The first-order chi connectivity index (χ1) is 15.1. The van der Waals surface area contributed by atoms with Crippen LogP contribution in [0.4, 0.5) is 10.8 Å². The van der Waals surface area contributed by atoms with Crippen molar-refractivity contribution in [3.05, 3.63) is 58.2 Å². The van der Waals surface area contributed by atoms with E-state index in [4.69, 9.17) is 4.74 Å². The molecule has 1 aliphatic rings. The number of thiazole rings is 1. The zero-order chi connectivity index (χ0) is 21.4. The van der Waals surface area contributed by atoms with E-state index in [0.717, 1.165) is 10.2 Å². The van der Waals surface area contributed by atoms with Crippen LogP contribution in [0.25, 0.3) is 22.2 Å². The van der Waals surface area contributed by atoms with E-state index in [1.165, 1.54) is 11.3 Å². The van der Waals surface area contributed by atoms with Crippen molar-refractivity contribution in [3.63, 3.8) is 0 Å². The van der Waals surface area contributed by atoms with Crippen molar-refractivity contribution in [3.8, 4) is 17.0 Å². The second kappa shape index (κ2) is 7.61. The first-order valence-corrected chi connectivity index (χ1v) is 10.1. The Kier molecular flexibility index (Phi) is 4.64. The Balaban J connectivity index is 1.32. The summed E-state index contributed by atoms with van der Waals surface area (Å²) in [7, 11) is 0. The molecule has 2 N–H and O–H groups in total. The van der Waals surface area contributed by atoms with Gasteiger partial charge in [-0.1, -0.05) is 17.3 Å². The van der Waals surface area contributed by atoms with E-state index in [1.807, 2.05) is 6.07 Å². The predicted molar refractivity (Wildman–Crippen MR) is 114 cm³/mol. The molecule has 2 aromatic heterocycles. The third-order valence-electron chi connectivity index (χ3n) is 4.58. The number of benzene rings is 2. The molecule has 0 atom stereocenters. The van der Waals surface area contributed by atoms with E-state index in [0.29, 0.717) is 33.2 Å². The quantitative estimate of drug-likeness (QED) is 0.502. The SMILES string of the molecule is O=C(Cn1nnc2ccccc2c1=O)Nc1nc(-c2ccc3c(c2)NC(=O)CO3)cs1. The van der Waals surface area contributed by atoms with Gasteiger partial charge in [0.05, 0.1) is 16.8 Å². The standard InChI is InChI=1S/C20H14N6O4S/c27-17(8-26-19(29)12-3-1-2-4-13(12)24-25-26)23-20-22-15(10-31-20)11-5-6-16-14(7-11)21-18(28)9-30-16/h1-7,10H,8-9H2,(H,21,28)(H,22,23,27). The minimum atomic E-state index is -0.446. The van der Waals surface area contributed by atoms with Crippen LogP contribution >= 0.6 is 11.3 Å². The van der Waals surface area contributed by atoms with Gasteiger partial charge in [0.25, 0.3) is 11.5 Å². The van der Waals surface area contributed by atoms with Gasteiger partial charge in [0.15, 0.2) is 11.7 Å². The molecule has 5 rings (SSSR count). The maximum atomic E-state index is 12.5. The van der Waals surface area contributed by atoms with Gasteiger partial charge in [-0.05, 0) is 30.3 Å². The van der Waals surface area contributed by atoms with Crippen molar-refractivity contribution in [2.24, 2.45) is 0 Å². The predicted octanol–water partition coefficient (Wildman–Crippen LogP) is 1.88. The van der Waals surface area contributed by atoms with Crippen LogP contribution in [-0.4, -0.2) is 38.4 Å². The van der Waals surface area contributed by atoms with Gasteiger partial charge in [-0.15, -0.1) is 16.4 Å². The lowest BCUT2D eigenvalue weighted by Crippen LogP contribution is -2.30. The lowest BCUT2D eigenvalue weighted by molar-refractivity contribution is -0.119. The third-order valence-corrected chi connectivity index (χ3v) is 5.34. The number of nitrogens with one attached hydrogen (secondary N) is 2. The monoisotopic (exact) mass is 434 g/mol. The number of amides is 2. The number of fused-ring (bicyclic) bond motifs is 2. The molecule has 1 aliphatic heterocycles. The molecule has 3 heterocycles. The highest BCUT2D eigenvalue weighted by Gasteiger charge is 2.17. The fourth-order valence-electron chi connectivity index (χ4n) is 3.13. The van der Waals surface area contributed by atoms with Crippen LogP contribution < -0.4 is 20.9 Å². The summed E-state index contributed by atoms with van der Waals surface area (Å²) in [6, 6.07) is 12.1. The van der Waals surface area contributed by atoms with Crippen molar-refractivity contribution in [1.82, 2.24) is 20.0 Å². The van der Waals surface area contributed by atoms with E-state index in [2.05, 4.69) is 25.9 Å². The van der Waals surface area contributed by atoms with Gasteiger partial charge in [-0.3, -0.25) is 14.4 Å². The summed E-state index contributed by atoms with van der Waals surface area (Å²) < 4.78 is 6.36. The molecule has 2 aromatic carbocycles. The summed E-state index contributed by atoms with van der Waals surface area (Å²) in [6.45, 7) is -0.294. The Morgan fingerprint density at radius 2 is 2.10 bits per heavy atom. The fraction of sp³-hybridized carbons (Fsp3) is 0.100. The lowest BCUT2D eigenvalue weighted by Gasteiger charge is -2.18. The highest BCUT2D eigenvalue weighted by molar-refractivity contribution is 7.14. The molecule has 0 spiro atoms. The molecule has 10 nitrogen and oxygen atoms in total. The second-order valence-corrected chi connectivity index (χ2v) is 7.56. The molecule has 31 heavy (non-hydrogen) atoms. The molecule has 0 aliphatic carbocycles. The van der Waals surface area contributed by atoms with Gasteiger partial charge < -0.3 is 15.4 Å². The van der Waals surface area contributed by atoms with E-state index >= 15 is 0 Å². The number of carbonyl (C=O) groups is 2. The molecule has 0 saturated heterocycles. The molecule has 0 unspecified atom stereocenters. The lowest BCUT2D eigenvalue weighted by atomic mass is 10.1. The van der Waals surface area contributed by atoms with Crippen molar-refractivity contribution >= 4 is 44.9 Å². The van der Waals surface area contributed by atoms with Crippen LogP contribution in [0.1, 0.15) is 0 Å². The number of aromatic nitrogens is 4. The van der Waals surface area contributed by atoms with E-state index < -0.39 is 5.91 Å². The Morgan fingerprint density at radius 3 is 3.00 bits per heavy atom. The highest BCUT2D eigenvalue weighted by Crippen LogP contribution is 2.33. The Bertz CT molecular complexity index is 1400. The maximum absolute atomic E-state index is 12.5. The number of hydrogen-bond acceptors (Lipinski definition) is 8. The molecule has 154 valence electrons. The van der Waals surface area contributed by atoms with Crippen LogP contribution in [0.2, 0.25) is 0 Å². The minimum absolute atomic E-state index is 0.0100. The molecule has 2 amide bonds. The topological polar surface area (TPSA) is 128 Å². The molecule has 11 heteroatoms. The van der Waals surface area contributed by atoms with Crippen LogP contribution in [0.3, 0.4) is 0 Å². The van der Waals surface area contributed by atoms with Gasteiger partial charge in [0.2, 0.25) is 5.91 Å². The summed E-state index contributed by atoms with van der Waals surface area (Å²) in [6.07, 6.45) is 0. The zero-order valence-corrected chi connectivity index (χ0v) is 16.7. The highest BCUT2D eigenvalue weighted by atomic mass is 32.1. The van der Waals surface area contributed by atoms with E-state index in [9.17, 15) is 14.4 Å². The summed E-state index contributed by atoms with van der Waals surface area (Å²) >= 11 is 1.24. The smallest absolute Gasteiger partial charge is 0.278 e. The van der Waals surface area contributed by atoms with Crippen molar-refractivity contribution in [2.75, 3.05) is 17.2 Å². The van der Waals surface area contributed by atoms with Crippen LogP contribution in [-0.2, 0) is 16.1 Å². The minimum Gasteiger partial charge on any atom is -0.482 e. The van der Waals surface area contributed by atoms with Gasteiger partial charge in [0, 0.05) is 10.9 Å². The van der Waals surface area contributed by atoms with Crippen molar-refractivity contribution in [2.45, 2.75) is 6.54 Å². The molecular weight excluding hydrogens is 420 g/mol. The average Bonchev–Trinajstić information content (AvgIpc) is 3.23. The zero-order valence-electron chi connectivity index (χ0n) is 15.9. The molecular formula is C20H14N6O4S. The summed E-state index contributed by atoms with van der Waals surface area (Å²) in [5.74, 6) is -0.0735. The Hall–Kier alpha value is -4.12. The number of hydrogen-bond donors (Lipinski definition) is 2. The number of carbonyl (C=O) groups excluding carboxylic acids is 2. The van der Waals surface area contributed by atoms with Gasteiger partial charge in [-0.2, -0.15) is 0 Å². The summed E-state index contributed by atoms with van der Waals surface area (Å²) in [5, 5.41) is 15.8. The first kappa shape index (κ1) is 18.9. The Morgan fingerprint density at radius 1 is 1.23 bits per heavy atom. The van der Waals surface area contributed by atoms with Crippen molar-refractivity contribution in [1.29, 1.82) is 0 Å². The number of ether oxygens (including phenoxy) is 1. The average molecular weight is 434 g/mol. The maximum Gasteiger partial charge on any atom is 0.278 e. The molecule has 0 radical (unpaired) electrons. The Labute approximate surface area is 178 Å². The van der Waals surface area contributed by atoms with Gasteiger partial charge in [0.1, 0.15) is 17.8 Å². The van der Waals surface area contributed by atoms with Crippen LogP contribution in [0, 0.1) is 0 Å².